The number of benzene rings is 1. The normalized spacial score (nSPS) is 13.0. The van der Waals surface area contributed by atoms with E-state index >= 15 is 0 Å². The van der Waals surface area contributed by atoms with E-state index in [-0.39, 0.29) is 12.2 Å². The molecule has 0 fully saturated rings. The topological polar surface area (TPSA) is 55.8 Å². The number of methoxy groups -OCH3 is 1. The highest BCUT2D eigenvalue weighted by Crippen LogP contribution is 2.34. The lowest BCUT2D eigenvalue weighted by Gasteiger charge is -2.26. The van der Waals surface area contributed by atoms with Gasteiger partial charge in [0.25, 0.3) is 0 Å². The highest BCUT2D eigenvalue weighted by atomic mass is 28.3. The summed E-state index contributed by atoms with van der Waals surface area (Å²) in [5, 5.41) is 0. The second-order valence-electron chi connectivity index (χ2n) is 7.71. The maximum absolute atomic E-state index is 13.8. The molecule has 1 aromatic rings. The molecule has 1 atom stereocenters. The van der Waals surface area contributed by atoms with Crippen LogP contribution in [0, 0.1) is 11.6 Å². The van der Waals surface area contributed by atoms with Crippen LogP contribution >= 0.6 is 0 Å². The smallest absolute Gasteiger partial charge is 0.422 e. The number of esters is 1. The number of amides is 1. The first-order chi connectivity index (χ1) is 13.2. The number of carbonyl (C=O) groups excluding carboxylic acids is 2. The van der Waals surface area contributed by atoms with E-state index in [1.165, 1.54) is 7.05 Å². The van der Waals surface area contributed by atoms with Crippen molar-refractivity contribution < 1.29 is 41.0 Å². The van der Waals surface area contributed by atoms with E-state index in [4.69, 9.17) is 4.74 Å². The van der Waals surface area contributed by atoms with E-state index < -0.39 is 56.0 Å². The third-order valence-electron chi connectivity index (χ3n) is 4.12. The second-order valence-corrected chi connectivity index (χ2v) is 13.3. The van der Waals surface area contributed by atoms with Crippen molar-refractivity contribution in [3.63, 3.8) is 0 Å². The van der Waals surface area contributed by atoms with Crippen molar-refractivity contribution in [3.05, 3.63) is 34.9 Å². The first kappa shape index (κ1) is 24.9. The molecule has 0 saturated heterocycles. The summed E-state index contributed by atoms with van der Waals surface area (Å²) in [7, 11) is 0.809. The minimum atomic E-state index is -5.20. The van der Waals surface area contributed by atoms with Gasteiger partial charge in [-0.05, 0) is 23.7 Å². The van der Waals surface area contributed by atoms with E-state index in [1.807, 2.05) is 0 Å². The van der Waals surface area contributed by atoms with Crippen LogP contribution in [0.5, 0.6) is 0 Å². The Kier molecular flexibility index (Phi) is 8.19. The molecule has 0 saturated carbocycles. The average molecular weight is 441 g/mol. The van der Waals surface area contributed by atoms with E-state index in [2.05, 4.69) is 24.4 Å². The molecule has 5 nitrogen and oxygen atoms in total. The fourth-order valence-electron chi connectivity index (χ4n) is 2.43. The van der Waals surface area contributed by atoms with Crippen LogP contribution in [0.1, 0.15) is 11.1 Å². The number of likely N-dealkylation sites (N-methyl/N-ethyl adjacent to an activating group) is 1. The number of ether oxygens (including phenoxy) is 2. The first-order valence-electron chi connectivity index (χ1n) is 8.70. The van der Waals surface area contributed by atoms with Gasteiger partial charge in [0.1, 0.15) is 23.2 Å². The van der Waals surface area contributed by atoms with Gasteiger partial charge in [-0.3, -0.25) is 4.90 Å². The molecule has 1 rings (SSSR count). The van der Waals surface area contributed by atoms with E-state index in [9.17, 15) is 31.5 Å². The third-order valence-corrected chi connectivity index (χ3v) is 5.82. The molecule has 0 N–H and O–H groups in total. The highest BCUT2D eigenvalue weighted by molar-refractivity contribution is 6.76. The summed E-state index contributed by atoms with van der Waals surface area (Å²) >= 11 is 0. The molecule has 0 radical (unpaired) electrons. The number of alkyl halides is 3. The number of nitrogens with zero attached hydrogens (tertiary/aromatic N) is 1. The molecule has 0 aromatic heterocycles. The quantitative estimate of drug-likeness (QED) is 0.356. The van der Waals surface area contributed by atoms with E-state index in [0.717, 1.165) is 12.0 Å². The molecular formula is C18H24F5NO4Si. The monoisotopic (exact) mass is 441 g/mol. The minimum absolute atomic E-state index is 0.135. The van der Waals surface area contributed by atoms with Crippen LogP contribution in [0.4, 0.5) is 26.7 Å². The predicted octanol–water partition coefficient (Wildman–Crippen LogP) is 4.47. The van der Waals surface area contributed by atoms with Gasteiger partial charge >= 0.3 is 18.2 Å². The lowest BCUT2D eigenvalue weighted by atomic mass is 10.0. The molecule has 11 heteroatoms. The van der Waals surface area contributed by atoms with Crippen molar-refractivity contribution in [3.8, 4) is 0 Å². The van der Waals surface area contributed by atoms with Gasteiger partial charge < -0.3 is 9.47 Å². The van der Waals surface area contributed by atoms with Crippen LogP contribution in [-0.2, 0) is 26.9 Å². The van der Waals surface area contributed by atoms with E-state index in [1.54, 1.807) is 0 Å². The SMILES string of the molecule is COC(=O)C(Cc1cc(F)c(C(F)(F)F)c(F)c1)N(C)C(=O)OCC[Si](C)(C)C. The van der Waals surface area contributed by atoms with Crippen LogP contribution in [-0.4, -0.2) is 51.8 Å². The zero-order chi connectivity index (χ0) is 22.6. The number of rotatable bonds is 7. The molecule has 1 unspecified atom stereocenters. The Morgan fingerprint density at radius 3 is 2.07 bits per heavy atom. The molecule has 0 aliphatic carbocycles. The molecule has 0 bridgehead atoms. The zero-order valence-corrected chi connectivity index (χ0v) is 17.8. The van der Waals surface area contributed by atoms with Gasteiger partial charge in [0.2, 0.25) is 0 Å². The van der Waals surface area contributed by atoms with E-state index in [0.29, 0.717) is 18.2 Å². The summed E-state index contributed by atoms with van der Waals surface area (Å²) in [5.41, 5.74) is -2.26. The summed E-state index contributed by atoms with van der Waals surface area (Å²) in [4.78, 5) is 25.2. The lowest BCUT2D eigenvalue weighted by molar-refractivity contribution is -0.146. The van der Waals surface area contributed by atoms with Gasteiger partial charge in [-0.2, -0.15) is 13.2 Å². The molecule has 1 aromatic carbocycles. The first-order valence-corrected chi connectivity index (χ1v) is 12.4. The van der Waals surface area contributed by atoms with Crippen LogP contribution in [0.2, 0.25) is 25.7 Å². The Bertz CT molecular complexity index is 726. The molecule has 29 heavy (non-hydrogen) atoms. The molecule has 0 spiro atoms. The molecule has 164 valence electrons. The fourth-order valence-corrected chi connectivity index (χ4v) is 3.14. The summed E-state index contributed by atoms with van der Waals surface area (Å²) in [5.74, 6) is -4.52. The number of hydrogen-bond acceptors (Lipinski definition) is 4. The molecule has 1 amide bonds. The van der Waals surface area contributed by atoms with Crippen molar-refractivity contribution in [1.29, 1.82) is 0 Å². The predicted molar refractivity (Wildman–Crippen MR) is 98.1 cm³/mol. The van der Waals surface area contributed by atoms with Crippen molar-refractivity contribution in [2.45, 2.75) is 44.3 Å². The van der Waals surface area contributed by atoms with Crippen molar-refractivity contribution >= 4 is 20.1 Å². The minimum Gasteiger partial charge on any atom is -0.467 e. The number of hydrogen-bond donors (Lipinski definition) is 0. The lowest BCUT2D eigenvalue weighted by Crippen LogP contribution is -2.45. The largest absolute Gasteiger partial charge is 0.467 e. The molecule has 0 aliphatic rings. The van der Waals surface area contributed by atoms with Gasteiger partial charge in [0.15, 0.2) is 0 Å². The van der Waals surface area contributed by atoms with Gasteiger partial charge in [-0.1, -0.05) is 19.6 Å². The molecule has 0 aliphatic heterocycles. The maximum atomic E-state index is 13.8. The fraction of sp³-hybridized carbons (Fsp3) is 0.556. The van der Waals surface area contributed by atoms with Crippen LogP contribution in [0.3, 0.4) is 0 Å². The standard InChI is InChI=1S/C18H24F5NO4Si/c1-24(17(26)28-6-7-29(3,4)5)14(16(25)27-2)10-11-8-12(19)15(13(20)9-11)18(21,22)23/h8-9,14H,6-7,10H2,1-5H3. The van der Waals surface area contributed by atoms with Gasteiger partial charge in [-0.25, -0.2) is 18.4 Å². The second kappa shape index (κ2) is 9.55. The van der Waals surface area contributed by atoms with Gasteiger partial charge in [0, 0.05) is 21.5 Å². The number of carbonyl (C=O) groups is 2. The highest BCUT2D eigenvalue weighted by Gasteiger charge is 2.38. The van der Waals surface area contributed by atoms with Gasteiger partial charge in [-0.15, -0.1) is 0 Å². The summed E-state index contributed by atoms with van der Waals surface area (Å²) in [6, 6.07) is 0.304. The Balaban J connectivity index is 3.03. The van der Waals surface area contributed by atoms with Crippen molar-refractivity contribution in [2.24, 2.45) is 0 Å². The third kappa shape index (κ3) is 7.30. The Hall–Kier alpha value is -2.17. The number of halogens is 5. The summed E-state index contributed by atoms with van der Waals surface area (Å²) in [6.45, 7) is 6.37. The molecular weight excluding hydrogens is 417 g/mol. The Labute approximate surface area is 166 Å². The van der Waals surface area contributed by atoms with Crippen molar-refractivity contribution in [1.82, 2.24) is 4.90 Å². The van der Waals surface area contributed by atoms with Crippen molar-refractivity contribution in [2.75, 3.05) is 20.8 Å². The maximum Gasteiger partial charge on any atom is 0.422 e. The molecule has 0 heterocycles. The van der Waals surface area contributed by atoms with Crippen LogP contribution < -0.4 is 0 Å². The Morgan fingerprint density at radius 1 is 1.14 bits per heavy atom. The zero-order valence-electron chi connectivity index (χ0n) is 16.8. The van der Waals surface area contributed by atoms with Crippen LogP contribution in [0.25, 0.3) is 0 Å². The summed E-state index contributed by atoms with van der Waals surface area (Å²) in [6.07, 6.45) is -6.52. The Morgan fingerprint density at radius 2 is 1.66 bits per heavy atom. The summed E-state index contributed by atoms with van der Waals surface area (Å²) < 4.78 is 75.4. The average Bonchev–Trinajstić information content (AvgIpc) is 2.55. The van der Waals surface area contributed by atoms with Gasteiger partial charge in [0.05, 0.1) is 13.7 Å². The van der Waals surface area contributed by atoms with Crippen LogP contribution in [0.15, 0.2) is 12.1 Å².